The fourth-order valence-corrected chi connectivity index (χ4v) is 6.74. The van der Waals surface area contributed by atoms with Gasteiger partial charge in [-0.2, -0.15) is 8.62 Å². The van der Waals surface area contributed by atoms with Crippen LogP contribution in [0.2, 0.25) is 0 Å². The minimum absolute atomic E-state index is 0.233. The van der Waals surface area contributed by atoms with E-state index in [9.17, 15) is 43.3 Å². The Morgan fingerprint density at radius 2 is 1.63 bits per heavy atom. The highest BCUT2D eigenvalue weighted by Crippen LogP contribution is 2.66. The van der Waals surface area contributed by atoms with Gasteiger partial charge in [0.15, 0.2) is 0 Å². The first-order chi connectivity index (χ1) is 19.0. The summed E-state index contributed by atoms with van der Waals surface area (Å²) in [4.78, 5) is 62.9. The molecular formula is C18H22N5O15P3. The molecule has 3 aromatic rings. The maximum atomic E-state index is 12.5. The largest absolute Gasteiger partial charge is 0.490 e. The molecule has 20 nitrogen and oxygen atoms in total. The summed E-state index contributed by atoms with van der Waals surface area (Å²) in [5.74, 6) is 0. The molecule has 1 saturated heterocycles. The molecule has 1 aromatic carbocycles. The van der Waals surface area contributed by atoms with Gasteiger partial charge in [0.25, 0.3) is 5.56 Å². The van der Waals surface area contributed by atoms with Crippen LogP contribution in [-0.2, 0) is 38.2 Å². The number of nitrogens with one attached hydrogen (secondary N) is 1. The average molecular weight is 641 g/mol. The van der Waals surface area contributed by atoms with Crippen LogP contribution in [0.1, 0.15) is 11.7 Å². The fraction of sp³-hybridized carbons (Fsp3) is 0.333. The second kappa shape index (κ2) is 11.9. The molecule has 1 fully saturated rings. The molecule has 0 spiro atoms. The van der Waals surface area contributed by atoms with Gasteiger partial charge >= 0.3 is 29.2 Å². The number of nitrogens with zero attached hydrogens (tertiary/aromatic N) is 4. The molecular weight excluding hydrogens is 619 g/mol. The molecule has 3 unspecified atom stereocenters. The molecule has 1 aliphatic heterocycles. The van der Waals surface area contributed by atoms with Gasteiger partial charge in [-0.25, -0.2) is 23.2 Å². The molecule has 0 bridgehead atoms. The van der Waals surface area contributed by atoms with Crippen LogP contribution in [0.3, 0.4) is 0 Å². The zero-order valence-electron chi connectivity index (χ0n) is 20.3. The fourth-order valence-electron chi connectivity index (χ4n) is 3.71. The summed E-state index contributed by atoms with van der Waals surface area (Å²) in [6, 6.07) is 9.00. The average Bonchev–Trinajstić information content (AvgIpc) is 3.43. The quantitative estimate of drug-likeness (QED) is 0.121. The molecule has 2 aromatic heterocycles. The number of aliphatic hydroxyl groups is 2. The van der Waals surface area contributed by atoms with E-state index in [4.69, 9.17) is 14.5 Å². The van der Waals surface area contributed by atoms with Crippen LogP contribution in [0, 0.1) is 0 Å². The van der Waals surface area contributed by atoms with E-state index in [0.29, 0.717) is 5.69 Å². The van der Waals surface area contributed by atoms with E-state index < -0.39 is 65.7 Å². The third kappa shape index (κ3) is 8.00. The number of hydrogen-bond acceptors (Lipinski definition) is 13. The van der Waals surface area contributed by atoms with Gasteiger partial charge in [-0.15, -0.1) is 5.10 Å². The maximum absolute atomic E-state index is 12.5. The Hall–Kier alpha value is -2.67. The molecule has 0 radical (unpaired) electrons. The van der Waals surface area contributed by atoms with Crippen LogP contribution in [0.4, 0.5) is 0 Å². The first-order valence-corrected chi connectivity index (χ1v) is 15.6. The van der Waals surface area contributed by atoms with E-state index in [1.165, 1.54) is 10.9 Å². The van der Waals surface area contributed by atoms with Crippen LogP contribution >= 0.6 is 23.5 Å². The van der Waals surface area contributed by atoms with E-state index in [0.717, 1.165) is 16.3 Å². The summed E-state index contributed by atoms with van der Waals surface area (Å²) < 4.78 is 53.4. The van der Waals surface area contributed by atoms with Crippen molar-refractivity contribution in [1.82, 2.24) is 24.5 Å². The minimum Gasteiger partial charge on any atom is -0.387 e. The number of hydrogen-bond donors (Lipinski definition) is 7. The molecule has 4 rings (SSSR count). The van der Waals surface area contributed by atoms with Gasteiger partial charge in [-0.3, -0.25) is 18.9 Å². The first kappa shape index (κ1) is 31.3. The molecule has 23 heteroatoms. The van der Waals surface area contributed by atoms with Crippen molar-refractivity contribution in [3.63, 3.8) is 0 Å². The van der Waals surface area contributed by atoms with Gasteiger partial charge in [-0.1, -0.05) is 35.5 Å². The van der Waals surface area contributed by atoms with Crippen molar-refractivity contribution < 1.29 is 61.4 Å². The van der Waals surface area contributed by atoms with Gasteiger partial charge in [0.2, 0.25) is 0 Å². The van der Waals surface area contributed by atoms with Gasteiger partial charge < -0.3 is 34.5 Å². The van der Waals surface area contributed by atoms with Crippen LogP contribution in [-0.4, -0.2) is 79.3 Å². The lowest BCUT2D eigenvalue weighted by Gasteiger charge is -2.19. The van der Waals surface area contributed by atoms with Gasteiger partial charge in [0, 0.05) is 11.8 Å². The molecule has 0 aliphatic carbocycles. The number of aromatic nitrogens is 5. The second-order valence-corrected chi connectivity index (χ2v) is 12.8. The van der Waals surface area contributed by atoms with Crippen LogP contribution in [0.15, 0.2) is 52.3 Å². The molecule has 6 atom stereocenters. The van der Waals surface area contributed by atoms with Crippen molar-refractivity contribution in [2.24, 2.45) is 0 Å². The Balaban J connectivity index is 1.47. The van der Waals surface area contributed by atoms with Gasteiger partial charge in [0.1, 0.15) is 36.8 Å². The van der Waals surface area contributed by atoms with E-state index >= 15 is 0 Å². The zero-order valence-corrected chi connectivity index (χ0v) is 22.9. The molecule has 224 valence electrons. The number of rotatable bonds is 11. The molecule has 7 N–H and O–H groups in total. The summed E-state index contributed by atoms with van der Waals surface area (Å²) in [5, 5.41) is 28.8. The first-order valence-electron chi connectivity index (χ1n) is 11.1. The number of ether oxygens (including phenoxy) is 1. The monoisotopic (exact) mass is 641 g/mol. The highest BCUT2D eigenvalue weighted by atomic mass is 31.3. The summed E-state index contributed by atoms with van der Waals surface area (Å²) in [5.41, 5.74) is -0.917. The number of phosphoric acid groups is 3. The lowest BCUT2D eigenvalue weighted by atomic mass is 10.0. The van der Waals surface area contributed by atoms with Crippen LogP contribution in [0.25, 0.3) is 11.3 Å². The third-order valence-corrected chi connectivity index (χ3v) is 9.23. The highest BCUT2D eigenvalue weighted by Gasteiger charge is 2.47. The zero-order chi connectivity index (χ0) is 30.2. The lowest BCUT2D eigenvalue weighted by Crippen LogP contribution is -2.37. The van der Waals surface area contributed by atoms with E-state index in [2.05, 4.69) is 23.5 Å². The van der Waals surface area contributed by atoms with Gasteiger partial charge in [-0.05, 0) is 0 Å². The predicted molar refractivity (Wildman–Crippen MR) is 132 cm³/mol. The number of phosphoric ester groups is 1. The van der Waals surface area contributed by atoms with E-state index in [1.807, 2.05) is 11.1 Å². The Kier molecular flexibility index (Phi) is 9.08. The minimum atomic E-state index is -5.79. The Morgan fingerprint density at radius 1 is 0.951 bits per heavy atom. The standard InChI is InChI=1S/C18H22N5O15P3/c24-14-13(8-35-40(31,32)38-41(33,34)37-39(28,29)30)36-16(15(14)25)11-6-22(18(27)19-17(11)26)9-23-7-12(20-21-23)10-4-2-1-3-5-10/h1-7,13-16,24-25H,8-9H2,(H,31,32)(H,33,34)(H,19,26,27)(H2,28,29,30)/t13-,14?,15+,16+/m1/s1. The summed E-state index contributed by atoms with van der Waals surface area (Å²) in [6.07, 6.45) is -4.33. The van der Waals surface area contributed by atoms with Crippen molar-refractivity contribution in [1.29, 1.82) is 0 Å². The predicted octanol–water partition coefficient (Wildman–Crippen LogP) is -1.19. The highest BCUT2D eigenvalue weighted by molar-refractivity contribution is 7.66. The normalized spacial score (nSPS) is 24.1. The summed E-state index contributed by atoms with van der Waals surface area (Å²) >= 11 is 0. The molecule has 41 heavy (non-hydrogen) atoms. The maximum Gasteiger partial charge on any atom is 0.490 e. The van der Waals surface area contributed by atoms with Crippen molar-refractivity contribution in [3.05, 3.63) is 69.1 Å². The van der Waals surface area contributed by atoms with Crippen molar-refractivity contribution in [3.8, 4) is 11.3 Å². The second-order valence-electron chi connectivity index (χ2n) is 8.43. The Bertz CT molecular complexity index is 1650. The van der Waals surface area contributed by atoms with E-state index in [-0.39, 0.29) is 12.2 Å². The molecule has 1 aliphatic rings. The van der Waals surface area contributed by atoms with Gasteiger partial charge in [0.05, 0.1) is 18.4 Å². The van der Waals surface area contributed by atoms with Crippen LogP contribution < -0.4 is 11.2 Å². The smallest absolute Gasteiger partial charge is 0.387 e. The molecule has 0 saturated carbocycles. The summed E-state index contributed by atoms with van der Waals surface area (Å²) in [7, 11) is -17.0. The van der Waals surface area contributed by atoms with E-state index in [1.54, 1.807) is 24.3 Å². The van der Waals surface area contributed by atoms with Crippen molar-refractivity contribution in [2.45, 2.75) is 31.1 Å². The number of aromatic amines is 1. The Morgan fingerprint density at radius 3 is 2.29 bits per heavy atom. The van der Waals surface area contributed by atoms with Crippen LogP contribution in [0.5, 0.6) is 0 Å². The SMILES string of the molecule is O=c1[nH]c(=O)n(Cn2cc(-c3ccccc3)nn2)cc1[C@@H]1O[C@H](COP(=O)(O)OP(=O)(O)OP(=O)(O)O)C(O)[C@@H]1O. The number of H-pyrrole nitrogens is 1. The summed E-state index contributed by atoms with van der Waals surface area (Å²) in [6.45, 7) is -1.32. The van der Waals surface area contributed by atoms with Crippen molar-refractivity contribution in [2.75, 3.05) is 6.61 Å². The Labute approximate surface area is 227 Å². The number of benzene rings is 1. The van der Waals surface area contributed by atoms with Crippen molar-refractivity contribution >= 4 is 23.5 Å². The lowest BCUT2D eigenvalue weighted by molar-refractivity contribution is -0.0228. The topological polar surface area (TPSA) is 295 Å². The number of aliphatic hydroxyl groups excluding tert-OH is 2. The molecule has 3 heterocycles. The molecule has 0 amide bonds. The third-order valence-electron chi connectivity index (χ3n) is 5.43.